The number of hydrogen-bond donors (Lipinski definition) is 1. The fourth-order valence-electron chi connectivity index (χ4n) is 1.88. The zero-order valence-corrected chi connectivity index (χ0v) is 13.5. The highest BCUT2D eigenvalue weighted by Gasteiger charge is 2.12. The Bertz CT molecular complexity index is 715. The van der Waals surface area contributed by atoms with E-state index in [4.69, 9.17) is 9.47 Å². The van der Waals surface area contributed by atoms with Crippen molar-refractivity contribution in [3.63, 3.8) is 0 Å². The van der Waals surface area contributed by atoms with Gasteiger partial charge in [-0.2, -0.15) is 0 Å². The lowest BCUT2D eigenvalue weighted by molar-refractivity contribution is 0.146. The van der Waals surface area contributed by atoms with Gasteiger partial charge in [0, 0.05) is 12.8 Å². The summed E-state index contributed by atoms with van der Waals surface area (Å²) in [6.45, 7) is 0.901. The van der Waals surface area contributed by atoms with E-state index in [1.807, 2.05) is 0 Å². The molecule has 0 saturated carbocycles. The maximum atomic E-state index is 12.8. The van der Waals surface area contributed by atoms with Crippen molar-refractivity contribution in [2.75, 3.05) is 25.0 Å². The van der Waals surface area contributed by atoms with E-state index in [0.717, 1.165) is 0 Å². The number of ether oxygens (including phenoxy) is 2. The Morgan fingerprint density at radius 1 is 1.00 bits per heavy atom. The van der Waals surface area contributed by atoms with E-state index in [9.17, 15) is 12.8 Å². The van der Waals surface area contributed by atoms with Gasteiger partial charge in [-0.15, -0.1) is 0 Å². The molecule has 0 saturated heterocycles. The van der Waals surface area contributed by atoms with E-state index >= 15 is 0 Å². The van der Waals surface area contributed by atoms with Crippen LogP contribution in [0.3, 0.4) is 0 Å². The lowest BCUT2D eigenvalue weighted by Crippen LogP contribution is -2.15. The molecule has 23 heavy (non-hydrogen) atoms. The number of nitrogens with one attached hydrogen (secondary N) is 1. The molecule has 0 heterocycles. The summed E-state index contributed by atoms with van der Waals surface area (Å²) < 4.78 is 49.8. The molecule has 0 aliphatic rings. The molecule has 0 unspecified atom stereocenters. The molecule has 2 aromatic rings. The van der Waals surface area contributed by atoms with Crippen LogP contribution in [-0.2, 0) is 20.5 Å². The molecular formula is C16H18FNO4S. The Labute approximate surface area is 135 Å². The fourth-order valence-corrected chi connectivity index (χ4v) is 3.08. The van der Waals surface area contributed by atoms with Crippen LogP contribution >= 0.6 is 0 Å². The second kappa shape index (κ2) is 7.94. The van der Waals surface area contributed by atoms with Gasteiger partial charge in [-0.3, -0.25) is 4.72 Å². The van der Waals surface area contributed by atoms with Crippen LogP contribution in [0.25, 0.3) is 0 Å². The highest BCUT2D eigenvalue weighted by Crippen LogP contribution is 2.18. The first-order chi connectivity index (χ1) is 11.0. The molecule has 0 aromatic heterocycles. The van der Waals surface area contributed by atoms with Crippen molar-refractivity contribution in [3.05, 3.63) is 59.9 Å². The van der Waals surface area contributed by atoms with Gasteiger partial charge in [0.05, 0.1) is 12.4 Å². The highest BCUT2D eigenvalue weighted by molar-refractivity contribution is 7.91. The van der Waals surface area contributed by atoms with E-state index in [0.29, 0.717) is 30.2 Å². The topological polar surface area (TPSA) is 64.6 Å². The molecule has 2 aromatic carbocycles. The first kappa shape index (κ1) is 17.2. The summed E-state index contributed by atoms with van der Waals surface area (Å²) in [5.74, 6) is 0.00558. The van der Waals surface area contributed by atoms with Gasteiger partial charge in [-0.25, -0.2) is 12.8 Å². The zero-order valence-electron chi connectivity index (χ0n) is 12.7. The lowest BCUT2D eigenvalue weighted by Gasteiger charge is -2.10. The molecule has 124 valence electrons. The van der Waals surface area contributed by atoms with Gasteiger partial charge in [0.15, 0.2) is 0 Å². The Balaban J connectivity index is 1.95. The predicted molar refractivity (Wildman–Crippen MR) is 86.5 cm³/mol. The first-order valence-corrected chi connectivity index (χ1v) is 8.60. The van der Waals surface area contributed by atoms with E-state index in [-0.39, 0.29) is 5.75 Å². The summed E-state index contributed by atoms with van der Waals surface area (Å²) in [6, 6.07) is 11.9. The maximum Gasteiger partial charge on any atom is 0.236 e. The predicted octanol–water partition coefficient (Wildman–Crippen LogP) is 2.79. The third-order valence-electron chi connectivity index (χ3n) is 2.95. The molecule has 0 radical (unpaired) electrons. The second-order valence-electron chi connectivity index (χ2n) is 4.85. The van der Waals surface area contributed by atoms with Crippen LogP contribution in [0.2, 0.25) is 0 Å². The molecule has 0 aliphatic carbocycles. The number of rotatable bonds is 8. The largest absolute Gasteiger partial charge is 0.491 e. The van der Waals surface area contributed by atoms with Crippen molar-refractivity contribution in [2.45, 2.75) is 5.75 Å². The van der Waals surface area contributed by atoms with Crippen molar-refractivity contribution < 1.29 is 22.3 Å². The molecule has 0 amide bonds. The minimum absolute atomic E-state index is 0.223. The van der Waals surface area contributed by atoms with Crippen LogP contribution in [0, 0.1) is 5.82 Å². The fraction of sp³-hybridized carbons (Fsp3) is 0.250. The smallest absolute Gasteiger partial charge is 0.236 e. The molecule has 0 bridgehead atoms. The zero-order chi connectivity index (χ0) is 16.7. The minimum Gasteiger partial charge on any atom is -0.491 e. The van der Waals surface area contributed by atoms with E-state index < -0.39 is 15.8 Å². The molecule has 1 N–H and O–H groups in total. The monoisotopic (exact) mass is 339 g/mol. The van der Waals surface area contributed by atoms with Crippen molar-refractivity contribution in [1.82, 2.24) is 0 Å². The van der Waals surface area contributed by atoms with E-state index in [1.54, 1.807) is 31.4 Å². The summed E-state index contributed by atoms with van der Waals surface area (Å²) in [7, 11) is -1.98. The van der Waals surface area contributed by atoms with Gasteiger partial charge >= 0.3 is 0 Å². The van der Waals surface area contributed by atoms with Crippen molar-refractivity contribution >= 4 is 15.7 Å². The van der Waals surface area contributed by atoms with Crippen molar-refractivity contribution in [1.29, 1.82) is 0 Å². The number of sulfonamides is 1. The highest BCUT2D eigenvalue weighted by atomic mass is 32.2. The average Bonchev–Trinajstić information content (AvgIpc) is 2.51. The maximum absolute atomic E-state index is 12.8. The number of benzene rings is 2. The number of hydrogen-bond acceptors (Lipinski definition) is 4. The summed E-state index contributed by atoms with van der Waals surface area (Å²) in [6.07, 6.45) is 0. The van der Waals surface area contributed by atoms with E-state index in [1.165, 1.54) is 24.3 Å². The molecule has 7 heteroatoms. The molecule has 0 aliphatic heterocycles. The van der Waals surface area contributed by atoms with Crippen LogP contribution < -0.4 is 9.46 Å². The lowest BCUT2D eigenvalue weighted by atomic mass is 10.2. The molecule has 5 nitrogen and oxygen atoms in total. The van der Waals surface area contributed by atoms with Crippen molar-refractivity contribution in [2.24, 2.45) is 0 Å². The quantitative estimate of drug-likeness (QED) is 0.751. The normalized spacial score (nSPS) is 11.2. The summed E-state index contributed by atoms with van der Waals surface area (Å²) >= 11 is 0. The summed E-state index contributed by atoms with van der Waals surface area (Å²) in [5.41, 5.74) is 0.949. The van der Waals surface area contributed by atoms with Crippen LogP contribution in [0.5, 0.6) is 5.75 Å². The standard InChI is InChI=1S/C16H18FNO4S/c1-21-10-11-22-16-8-6-15(7-9-16)18-23(19,20)12-13-2-4-14(17)5-3-13/h2-9,18H,10-12H2,1H3. The van der Waals surface area contributed by atoms with Crippen LogP contribution in [-0.4, -0.2) is 28.7 Å². The van der Waals surface area contributed by atoms with Gasteiger partial charge in [-0.05, 0) is 42.0 Å². The molecule has 2 rings (SSSR count). The number of anilines is 1. The van der Waals surface area contributed by atoms with Crippen molar-refractivity contribution in [3.8, 4) is 5.75 Å². The molecular weight excluding hydrogens is 321 g/mol. The minimum atomic E-state index is -3.57. The van der Waals surface area contributed by atoms with Crippen LogP contribution in [0.1, 0.15) is 5.56 Å². The molecule has 0 spiro atoms. The van der Waals surface area contributed by atoms with Crippen LogP contribution in [0.4, 0.5) is 10.1 Å². The molecule has 0 atom stereocenters. The average molecular weight is 339 g/mol. The number of halogens is 1. The Morgan fingerprint density at radius 3 is 2.26 bits per heavy atom. The third-order valence-corrected chi connectivity index (χ3v) is 4.21. The second-order valence-corrected chi connectivity index (χ2v) is 6.58. The van der Waals surface area contributed by atoms with Gasteiger partial charge in [0.2, 0.25) is 10.0 Å². The SMILES string of the molecule is COCCOc1ccc(NS(=O)(=O)Cc2ccc(F)cc2)cc1. The summed E-state index contributed by atoms with van der Waals surface area (Å²) in [5, 5.41) is 0. The van der Waals surface area contributed by atoms with Gasteiger partial charge in [0.1, 0.15) is 18.2 Å². The Morgan fingerprint density at radius 2 is 1.65 bits per heavy atom. The van der Waals surface area contributed by atoms with Crippen LogP contribution in [0.15, 0.2) is 48.5 Å². The van der Waals surface area contributed by atoms with E-state index in [2.05, 4.69) is 4.72 Å². The Kier molecular flexibility index (Phi) is 5.95. The van der Waals surface area contributed by atoms with Gasteiger partial charge in [-0.1, -0.05) is 12.1 Å². The van der Waals surface area contributed by atoms with Gasteiger partial charge < -0.3 is 9.47 Å². The molecule has 0 fully saturated rings. The Hall–Kier alpha value is -2.12. The summed E-state index contributed by atoms with van der Waals surface area (Å²) in [4.78, 5) is 0. The number of methoxy groups -OCH3 is 1. The van der Waals surface area contributed by atoms with Gasteiger partial charge in [0.25, 0.3) is 0 Å². The third kappa shape index (κ3) is 5.88. The first-order valence-electron chi connectivity index (χ1n) is 6.95.